The molecule has 0 aliphatic carbocycles. The average Bonchev–Trinajstić information content (AvgIpc) is 2.39. The smallest absolute Gasteiger partial charge is 0.292 e. The number of nitrogens with one attached hydrogen (secondary N) is 1. The van der Waals surface area contributed by atoms with Crippen LogP contribution in [-0.2, 0) is 0 Å². The van der Waals surface area contributed by atoms with Crippen LogP contribution in [-0.4, -0.2) is 20.8 Å². The number of carbonyl (C=O) groups excluding carboxylic acids is 1. The highest BCUT2D eigenvalue weighted by atomic mass is 16.6. The molecule has 0 radical (unpaired) electrons. The van der Waals surface area contributed by atoms with Crippen molar-refractivity contribution in [2.45, 2.75) is 0 Å². The Bertz CT molecular complexity index is 629. The van der Waals surface area contributed by atoms with Crippen LogP contribution >= 0.6 is 0 Å². The van der Waals surface area contributed by atoms with Crippen molar-refractivity contribution in [1.29, 1.82) is 0 Å². The van der Waals surface area contributed by atoms with E-state index in [4.69, 9.17) is 5.73 Å². The first kappa shape index (κ1) is 12.4. The van der Waals surface area contributed by atoms with Gasteiger partial charge in [-0.25, -0.2) is 9.97 Å². The number of nitro benzene ring substituents is 1. The van der Waals surface area contributed by atoms with Crippen molar-refractivity contribution in [3.05, 3.63) is 52.6 Å². The molecule has 3 N–H and O–H groups in total. The van der Waals surface area contributed by atoms with Crippen molar-refractivity contribution < 1.29 is 9.72 Å². The normalized spacial score (nSPS) is 9.89. The van der Waals surface area contributed by atoms with Crippen molar-refractivity contribution in [3.63, 3.8) is 0 Å². The highest BCUT2D eigenvalue weighted by Gasteiger charge is 2.14. The van der Waals surface area contributed by atoms with E-state index in [1.54, 1.807) is 0 Å². The van der Waals surface area contributed by atoms with Crippen LogP contribution in [0.5, 0.6) is 0 Å². The van der Waals surface area contributed by atoms with E-state index in [1.807, 2.05) is 0 Å². The monoisotopic (exact) mass is 259 g/mol. The van der Waals surface area contributed by atoms with Crippen molar-refractivity contribution in [2.75, 3.05) is 11.1 Å². The van der Waals surface area contributed by atoms with Crippen LogP contribution in [0, 0.1) is 10.1 Å². The third kappa shape index (κ3) is 2.80. The molecule has 0 fully saturated rings. The van der Waals surface area contributed by atoms with Gasteiger partial charge in [0, 0.05) is 11.6 Å². The van der Waals surface area contributed by atoms with Crippen LogP contribution in [0.15, 0.2) is 36.9 Å². The minimum atomic E-state index is -0.609. The summed E-state index contributed by atoms with van der Waals surface area (Å²) in [5.41, 5.74) is 5.84. The molecule has 19 heavy (non-hydrogen) atoms. The summed E-state index contributed by atoms with van der Waals surface area (Å²) in [6.45, 7) is 0. The highest BCUT2D eigenvalue weighted by Crippen LogP contribution is 2.22. The summed E-state index contributed by atoms with van der Waals surface area (Å²) in [7, 11) is 0. The van der Waals surface area contributed by atoms with Gasteiger partial charge in [0.15, 0.2) is 0 Å². The lowest BCUT2D eigenvalue weighted by molar-refractivity contribution is -0.383. The van der Waals surface area contributed by atoms with E-state index in [1.165, 1.54) is 36.9 Å². The number of benzene rings is 1. The van der Waals surface area contributed by atoms with Crippen molar-refractivity contribution in [1.82, 2.24) is 9.97 Å². The lowest BCUT2D eigenvalue weighted by Crippen LogP contribution is -2.12. The van der Waals surface area contributed by atoms with E-state index in [-0.39, 0.29) is 16.9 Å². The number of carbonyl (C=O) groups is 1. The van der Waals surface area contributed by atoms with Gasteiger partial charge in [-0.15, -0.1) is 0 Å². The number of anilines is 2. The van der Waals surface area contributed by atoms with Crippen LogP contribution < -0.4 is 11.1 Å². The second-order valence-corrected chi connectivity index (χ2v) is 3.61. The zero-order valence-electron chi connectivity index (χ0n) is 9.61. The molecule has 1 aromatic heterocycles. The Morgan fingerprint density at radius 3 is 2.58 bits per heavy atom. The number of nitrogens with zero attached hydrogens (tertiary/aromatic N) is 3. The van der Waals surface area contributed by atoms with Gasteiger partial charge in [0.1, 0.15) is 12.0 Å². The predicted octanol–water partition coefficient (Wildman–Crippen LogP) is 1.22. The molecular weight excluding hydrogens is 250 g/mol. The molecule has 0 spiro atoms. The summed E-state index contributed by atoms with van der Waals surface area (Å²) in [6.07, 6.45) is 4.19. The summed E-state index contributed by atoms with van der Waals surface area (Å²) >= 11 is 0. The second kappa shape index (κ2) is 5.08. The Labute approximate surface area is 107 Å². The molecule has 0 aliphatic heterocycles. The summed E-state index contributed by atoms with van der Waals surface area (Å²) in [5, 5.41) is 13.1. The fourth-order valence-electron chi connectivity index (χ4n) is 1.43. The van der Waals surface area contributed by atoms with Crippen LogP contribution in [0.4, 0.5) is 17.1 Å². The standard InChI is InChI=1S/C11H9N5O3/c12-9-3-7(1-2-10(9)16(18)19)11(17)15-8-4-13-6-14-5-8/h1-6H,12H2,(H,15,17). The van der Waals surface area contributed by atoms with E-state index in [0.717, 1.165) is 0 Å². The third-order valence-corrected chi connectivity index (χ3v) is 2.30. The SMILES string of the molecule is Nc1cc(C(=O)Nc2cncnc2)ccc1[N+](=O)[O-]. The number of nitrogen functional groups attached to an aromatic ring is 1. The molecule has 0 unspecified atom stereocenters. The van der Waals surface area contributed by atoms with Gasteiger partial charge in [0.05, 0.1) is 23.0 Å². The van der Waals surface area contributed by atoms with Gasteiger partial charge in [-0.1, -0.05) is 0 Å². The molecule has 1 amide bonds. The molecule has 1 heterocycles. The van der Waals surface area contributed by atoms with Crippen molar-refractivity contribution >= 4 is 23.0 Å². The van der Waals surface area contributed by atoms with Gasteiger partial charge in [-0.05, 0) is 12.1 Å². The van der Waals surface area contributed by atoms with Crippen LogP contribution in [0.3, 0.4) is 0 Å². The first-order chi connectivity index (χ1) is 9.08. The quantitative estimate of drug-likeness (QED) is 0.485. The Kier molecular flexibility index (Phi) is 3.33. The molecule has 2 rings (SSSR count). The molecule has 96 valence electrons. The fourth-order valence-corrected chi connectivity index (χ4v) is 1.43. The minimum absolute atomic E-state index is 0.0676. The maximum atomic E-state index is 11.9. The Morgan fingerprint density at radius 2 is 2.00 bits per heavy atom. The third-order valence-electron chi connectivity index (χ3n) is 2.30. The summed E-state index contributed by atoms with van der Waals surface area (Å²) < 4.78 is 0. The highest BCUT2D eigenvalue weighted by molar-refractivity contribution is 6.04. The Morgan fingerprint density at radius 1 is 1.32 bits per heavy atom. The number of nitro groups is 1. The van der Waals surface area contributed by atoms with E-state index in [9.17, 15) is 14.9 Å². The Hall–Kier alpha value is -3.03. The van der Waals surface area contributed by atoms with Gasteiger partial charge >= 0.3 is 0 Å². The zero-order valence-corrected chi connectivity index (χ0v) is 9.61. The lowest BCUT2D eigenvalue weighted by Gasteiger charge is -2.05. The summed E-state index contributed by atoms with van der Waals surface area (Å²) in [4.78, 5) is 29.3. The first-order valence-corrected chi connectivity index (χ1v) is 5.18. The molecule has 0 bridgehead atoms. The number of hydrogen-bond acceptors (Lipinski definition) is 6. The largest absolute Gasteiger partial charge is 0.393 e. The van der Waals surface area contributed by atoms with Gasteiger partial charge in [-0.3, -0.25) is 14.9 Å². The molecule has 8 nitrogen and oxygen atoms in total. The number of hydrogen-bond donors (Lipinski definition) is 2. The molecule has 0 aliphatic rings. The Balaban J connectivity index is 2.21. The van der Waals surface area contributed by atoms with Crippen molar-refractivity contribution in [3.8, 4) is 0 Å². The number of aromatic nitrogens is 2. The van der Waals surface area contributed by atoms with Crippen LogP contribution in [0.25, 0.3) is 0 Å². The van der Waals surface area contributed by atoms with E-state index in [0.29, 0.717) is 5.69 Å². The lowest BCUT2D eigenvalue weighted by atomic mass is 10.1. The number of rotatable bonds is 3. The van der Waals surface area contributed by atoms with Crippen molar-refractivity contribution in [2.24, 2.45) is 0 Å². The number of amides is 1. The first-order valence-electron chi connectivity index (χ1n) is 5.18. The van der Waals surface area contributed by atoms with E-state index >= 15 is 0 Å². The maximum absolute atomic E-state index is 11.9. The van der Waals surface area contributed by atoms with Gasteiger partial charge in [0.25, 0.3) is 11.6 Å². The van der Waals surface area contributed by atoms with Crippen LogP contribution in [0.2, 0.25) is 0 Å². The molecule has 2 aromatic rings. The van der Waals surface area contributed by atoms with Gasteiger partial charge in [-0.2, -0.15) is 0 Å². The molecule has 0 saturated carbocycles. The van der Waals surface area contributed by atoms with Gasteiger partial charge in [0.2, 0.25) is 0 Å². The molecule has 0 atom stereocenters. The van der Waals surface area contributed by atoms with Gasteiger partial charge < -0.3 is 11.1 Å². The summed E-state index contributed by atoms with van der Waals surface area (Å²) in [5.74, 6) is -0.448. The van der Waals surface area contributed by atoms with Crippen LogP contribution in [0.1, 0.15) is 10.4 Å². The zero-order chi connectivity index (χ0) is 13.8. The average molecular weight is 259 g/mol. The molecule has 8 heteroatoms. The maximum Gasteiger partial charge on any atom is 0.292 e. The predicted molar refractivity (Wildman–Crippen MR) is 67.5 cm³/mol. The summed E-state index contributed by atoms with van der Waals surface area (Å²) in [6, 6.07) is 3.76. The topological polar surface area (TPSA) is 124 Å². The second-order valence-electron chi connectivity index (χ2n) is 3.61. The minimum Gasteiger partial charge on any atom is -0.393 e. The van der Waals surface area contributed by atoms with E-state index < -0.39 is 10.8 Å². The molecule has 0 saturated heterocycles. The fraction of sp³-hybridized carbons (Fsp3) is 0. The number of nitrogens with two attached hydrogens (primary N) is 1. The molecular formula is C11H9N5O3. The van der Waals surface area contributed by atoms with E-state index in [2.05, 4.69) is 15.3 Å². The molecule has 1 aromatic carbocycles.